The molecule has 0 saturated heterocycles. The molecule has 106 valence electrons. The van der Waals surface area contributed by atoms with Crippen LogP contribution in [0.25, 0.3) is 0 Å². The predicted molar refractivity (Wildman–Crippen MR) is 81.2 cm³/mol. The van der Waals surface area contributed by atoms with E-state index in [1.807, 2.05) is 6.07 Å². The van der Waals surface area contributed by atoms with Crippen molar-refractivity contribution in [3.05, 3.63) is 46.3 Å². The number of benzene rings is 1. The number of hydrogen-bond acceptors (Lipinski definition) is 1. The Bertz CT molecular complexity index is 447. The van der Waals surface area contributed by atoms with Crippen LogP contribution in [0.15, 0.2) is 29.8 Å². The molecule has 0 heterocycles. The minimum absolute atomic E-state index is 0.146. The quantitative estimate of drug-likeness (QED) is 0.608. The summed E-state index contributed by atoms with van der Waals surface area (Å²) >= 11 is 5.94. The standard InChI is InChI=1S/C16H23ClFN/c1-12(7-6-10-19-16(2,3)4)11-13-8-5-9-14(18)15(13)17/h5,7-9,19H,6,10-11H2,1-4H3/b12-7-. The summed E-state index contributed by atoms with van der Waals surface area (Å²) in [5.41, 5.74) is 2.20. The zero-order chi connectivity index (χ0) is 14.5. The summed E-state index contributed by atoms with van der Waals surface area (Å²) < 4.78 is 13.3. The van der Waals surface area contributed by atoms with Crippen molar-refractivity contribution in [2.45, 2.75) is 46.1 Å². The van der Waals surface area contributed by atoms with Crippen molar-refractivity contribution < 1.29 is 4.39 Å². The minimum atomic E-state index is -0.346. The van der Waals surface area contributed by atoms with Crippen LogP contribution >= 0.6 is 11.6 Å². The highest BCUT2D eigenvalue weighted by atomic mass is 35.5. The van der Waals surface area contributed by atoms with E-state index in [1.54, 1.807) is 6.07 Å². The summed E-state index contributed by atoms with van der Waals surface area (Å²) in [5.74, 6) is -0.346. The summed E-state index contributed by atoms with van der Waals surface area (Å²) in [6.07, 6.45) is 3.85. The summed E-state index contributed by atoms with van der Waals surface area (Å²) in [6, 6.07) is 4.96. The maximum atomic E-state index is 13.3. The van der Waals surface area contributed by atoms with Gasteiger partial charge in [0.05, 0.1) is 5.02 Å². The van der Waals surface area contributed by atoms with Gasteiger partial charge in [-0.2, -0.15) is 0 Å². The Labute approximate surface area is 120 Å². The van der Waals surface area contributed by atoms with Gasteiger partial charge in [-0.05, 0) is 58.7 Å². The molecule has 0 aliphatic rings. The lowest BCUT2D eigenvalue weighted by Gasteiger charge is -2.19. The van der Waals surface area contributed by atoms with E-state index in [0.29, 0.717) is 6.42 Å². The number of hydrogen-bond donors (Lipinski definition) is 1. The summed E-state index contributed by atoms with van der Waals surface area (Å²) in [4.78, 5) is 0. The van der Waals surface area contributed by atoms with Crippen molar-refractivity contribution in [1.82, 2.24) is 5.32 Å². The summed E-state index contributed by atoms with van der Waals surface area (Å²) in [6.45, 7) is 9.44. The van der Waals surface area contributed by atoms with Gasteiger partial charge in [-0.1, -0.05) is 35.4 Å². The van der Waals surface area contributed by atoms with Crippen molar-refractivity contribution in [3.63, 3.8) is 0 Å². The summed E-state index contributed by atoms with van der Waals surface area (Å²) in [5, 5.41) is 3.67. The van der Waals surface area contributed by atoms with Crippen LogP contribution in [0.4, 0.5) is 4.39 Å². The number of nitrogens with one attached hydrogen (secondary N) is 1. The van der Waals surface area contributed by atoms with Crippen molar-refractivity contribution in [2.24, 2.45) is 0 Å². The van der Waals surface area contributed by atoms with E-state index in [-0.39, 0.29) is 16.4 Å². The van der Waals surface area contributed by atoms with E-state index >= 15 is 0 Å². The molecule has 0 aliphatic carbocycles. The molecule has 1 nitrogen and oxygen atoms in total. The first-order valence-electron chi connectivity index (χ1n) is 6.63. The topological polar surface area (TPSA) is 12.0 Å². The molecule has 19 heavy (non-hydrogen) atoms. The van der Waals surface area contributed by atoms with Crippen LogP contribution in [-0.4, -0.2) is 12.1 Å². The Morgan fingerprint density at radius 3 is 2.68 bits per heavy atom. The van der Waals surface area contributed by atoms with E-state index in [9.17, 15) is 4.39 Å². The second-order valence-electron chi connectivity index (χ2n) is 5.91. The number of allylic oxidation sites excluding steroid dienone is 1. The molecule has 1 rings (SSSR count). The second kappa shape index (κ2) is 7.06. The number of halogens is 2. The molecule has 0 bridgehead atoms. The molecule has 0 saturated carbocycles. The maximum absolute atomic E-state index is 13.3. The minimum Gasteiger partial charge on any atom is -0.312 e. The van der Waals surface area contributed by atoms with Gasteiger partial charge in [-0.3, -0.25) is 0 Å². The fourth-order valence-electron chi connectivity index (χ4n) is 1.82. The van der Waals surface area contributed by atoms with Crippen LogP contribution in [0.1, 0.15) is 39.7 Å². The van der Waals surface area contributed by atoms with Crippen molar-refractivity contribution in [3.8, 4) is 0 Å². The highest BCUT2D eigenvalue weighted by molar-refractivity contribution is 6.31. The van der Waals surface area contributed by atoms with E-state index < -0.39 is 0 Å². The largest absolute Gasteiger partial charge is 0.312 e. The zero-order valence-electron chi connectivity index (χ0n) is 12.2. The lowest BCUT2D eigenvalue weighted by molar-refractivity contribution is 0.431. The molecule has 0 atom stereocenters. The van der Waals surface area contributed by atoms with Gasteiger partial charge >= 0.3 is 0 Å². The van der Waals surface area contributed by atoms with Gasteiger partial charge in [-0.25, -0.2) is 4.39 Å². The Kier molecular flexibility index (Phi) is 6.02. The zero-order valence-corrected chi connectivity index (χ0v) is 12.9. The predicted octanol–water partition coefficient (Wildman–Crippen LogP) is 4.75. The average Bonchev–Trinajstić information content (AvgIpc) is 2.29. The van der Waals surface area contributed by atoms with Gasteiger partial charge in [0.25, 0.3) is 0 Å². The van der Waals surface area contributed by atoms with Crippen LogP contribution in [0.3, 0.4) is 0 Å². The molecule has 0 spiro atoms. The highest BCUT2D eigenvalue weighted by Crippen LogP contribution is 2.22. The SMILES string of the molecule is C/C(=C/CCNC(C)(C)C)Cc1cccc(F)c1Cl. The Morgan fingerprint density at radius 2 is 2.05 bits per heavy atom. The van der Waals surface area contributed by atoms with Crippen LogP contribution in [0.5, 0.6) is 0 Å². The van der Waals surface area contributed by atoms with Crippen LogP contribution in [-0.2, 0) is 6.42 Å². The molecular formula is C16H23ClFN. The van der Waals surface area contributed by atoms with E-state index in [4.69, 9.17) is 11.6 Å². The molecule has 1 N–H and O–H groups in total. The molecule has 1 aromatic rings. The van der Waals surface area contributed by atoms with E-state index in [1.165, 1.54) is 11.6 Å². The lowest BCUT2D eigenvalue weighted by Crippen LogP contribution is -2.36. The van der Waals surface area contributed by atoms with Gasteiger partial charge in [0.2, 0.25) is 0 Å². The van der Waals surface area contributed by atoms with Gasteiger partial charge < -0.3 is 5.32 Å². The van der Waals surface area contributed by atoms with E-state index in [2.05, 4.69) is 39.1 Å². The average molecular weight is 284 g/mol. The highest BCUT2D eigenvalue weighted by Gasteiger charge is 2.07. The molecule has 0 fully saturated rings. The lowest BCUT2D eigenvalue weighted by atomic mass is 10.0. The van der Waals surface area contributed by atoms with Crippen molar-refractivity contribution in [2.75, 3.05) is 6.54 Å². The molecule has 0 aliphatic heterocycles. The normalized spacial score (nSPS) is 12.8. The third kappa shape index (κ3) is 6.22. The Morgan fingerprint density at radius 1 is 1.37 bits per heavy atom. The summed E-state index contributed by atoms with van der Waals surface area (Å²) in [7, 11) is 0. The van der Waals surface area contributed by atoms with Gasteiger partial charge in [0.15, 0.2) is 0 Å². The molecule has 3 heteroatoms. The van der Waals surface area contributed by atoms with Crippen molar-refractivity contribution >= 4 is 11.6 Å². The van der Waals surface area contributed by atoms with Gasteiger partial charge in [-0.15, -0.1) is 0 Å². The first-order valence-corrected chi connectivity index (χ1v) is 7.01. The molecule has 1 aromatic carbocycles. The fourth-order valence-corrected chi connectivity index (χ4v) is 2.02. The van der Waals surface area contributed by atoms with Crippen LogP contribution < -0.4 is 5.32 Å². The fraction of sp³-hybridized carbons (Fsp3) is 0.500. The molecular weight excluding hydrogens is 261 g/mol. The van der Waals surface area contributed by atoms with Gasteiger partial charge in [0.1, 0.15) is 5.82 Å². The molecule has 0 amide bonds. The Hall–Kier alpha value is -0.860. The smallest absolute Gasteiger partial charge is 0.142 e. The van der Waals surface area contributed by atoms with Crippen LogP contribution in [0.2, 0.25) is 5.02 Å². The van der Waals surface area contributed by atoms with Gasteiger partial charge in [0, 0.05) is 5.54 Å². The van der Waals surface area contributed by atoms with E-state index in [0.717, 1.165) is 18.5 Å². The molecule has 0 unspecified atom stereocenters. The third-order valence-electron chi connectivity index (χ3n) is 2.79. The Balaban J connectivity index is 2.50. The molecule has 0 aromatic heterocycles. The number of rotatable bonds is 5. The third-order valence-corrected chi connectivity index (χ3v) is 3.22. The van der Waals surface area contributed by atoms with Crippen LogP contribution in [0, 0.1) is 5.82 Å². The first kappa shape index (κ1) is 16.2. The maximum Gasteiger partial charge on any atom is 0.142 e. The molecule has 0 radical (unpaired) electrons. The second-order valence-corrected chi connectivity index (χ2v) is 6.28. The monoisotopic (exact) mass is 283 g/mol. The first-order chi connectivity index (χ1) is 8.79. The van der Waals surface area contributed by atoms with Crippen molar-refractivity contribution in [1.29, 1.82) is 0 Å².